The monoisotopic (exact) mass is 183 g/mol. The first-order valence-corrected chi connectivity index (χ1v) is 4.29. The second-order valence-corrected chi connectivity index (χ2v) is 2.90. The number of rotatable bonds is 3. The molecular formula is C9H13NO3. The van der Waals surface area contributed by atoms with E-state index in [0.717, 1.165) is 19.1 Å². The van der Waals surface area contributed by atoms with Crippen LogP contribution in [0.1, 0.15) is 12.8 Å². The molecule has 1 unspecified atom stereocenters. The molecule has 4 nitrogen and oxygen atoms in total. The van der Waals surface area contributed by atoms with Crippen molar-refractivity contribution in [1.82, 2.24) is 4.90 Å². The number of amides is 1. The van der Waals surface area contributed by atoms with E-state index in [1.54, 1.807) is 0 Å². The molecule has 0 spiro atoms. The summed E-state index contributed by atoms with van der Waals surface area (Å²) < 4.78 is 4.82. The molecule has 72 valence electrons. The minimum absolute atomic E-state index is 0.195. The quantitative estimate of drug-likeness (QED) is 0.484. The number of hydrogen-bond acceptors (Lipinski definition) is 3. The molecule has 1 amide bonds. The summed E-state index contributed by atoms with van der Waals surface area (Å²) in [6.45, 7) is 4.24. The first kappa shape index (κ1) is 9.77. The minimum Gasteiger partial charge on any atom is -0.445 e. The third-order valence-corrected chi connectivity index (χ3v) is 2.02. The lowest BCUT2D eigenvalue weighted by Gasteiger charge is -2.18. The molecule has 0 N–H and O–H groups in total. The van der Waals surface area contributed by atoms with E-state index in [9.17, 15) is 9.59 Å². The van der Waals surface area contributed by atoms with Crippen molar-refractivity contribution >= 4 is 12.4 Å². The lowest BCUT2D eigenvalue weighted by molar-refractivity contribution is -0.111. The molecule has 0 aromatic carbocycles. The second-order valence-electron chi connectivity index (χ2n) is 2.90. The van der Waals surface area contributed by atoms with Gasteiger partial charge in [0.2, 0.25) is 0 Å². The van der Waals surface area contributed by atoms with Crippen molar-refractivity contribution in [2.75, 3.05) is 13.2 Å². The SMILES string of the molecule is C=CCOC(=O)N1CCCC1C=O. The zero-order valence-corrected chi connectivity index (χ0v) is 7.44. The third-order valence-electron chi connectivity index (χ3n) is 2.02. The van der Waals surface area contributed by atoms with Crippen molar-refractivity contribution in [3.05, 3.63) is 12.7 Å². The molecule has 1 atom stereocenters. The summed E-state index contributed by atoms with van der Waals surface area (Å²) in [5, 5.41) is 0. The number of hydrogen-bond donors (Lipinski definition) is 0. The molecule has 1 fully saturated rings. The predicted octanol–water partition coefficient (Wildman–Crippen LogP) is 0.972. The normalized spacial score (nSPS) is 21.2. The van der Waals surface area contributed by atoms with Crippen LogP contribution in [-0.2, 0) is 9.53 Å². The van der Waals surface area contributed by atoms with Crippen molar-refractivity contribution in [1.29, 1.82) is 0 Å². The molecule has 1 heterocycles. The number of carbonyl (C=O) groups is 2. The van der Waals surface area contributed by atoms with Crippen molar-refractivity contribution in [3.8, 4) is 0 Å². The Balaban J connectivity index is 2.44. The average Bonchev–Trinajstić information content (AvgIpc) is 2.61. The number of carbonyl (C=O) groups excluding carboxylic acids is 2. The Kier molecular flexibility index (Phi) is 3.49. The number of aldehydes is 1. The standard InChI is InChI=1S/C9H13NO3/c1-2-6-13-9(12)10-5-3-4-8(10)7-11/h2,7-8H,1,3-6H2. The Bertz CT molecular complexity index is 215. The van der Waals surface area contributed by atoms with Gasteiger partial charge in [-0.15, -0.1) is 0 Å². The highest BCUT2D eigenvalue weighted by molar-refractivity contribution is 5.74. The van der Waals surface area contributed by atoms with Gasteiger partial charge in [0, 0.05) is 6.54 Å². The van der Waals surface area contributed by atoms with Gasteiger partial charge in [0.15, 0.2) is 0 Å². The highest BCUT2D eigenvalue weighted by Gasteiger charge is 2.28. The first-order valence-electron chi connectivity index (χ1n) is 4.29. The molecule has 0 bridgehead atoms. The second kappa shape index (κ2) is 4.64. The van der Waals surface area contributed by atoms with Crippen LogP contribution >= 0.6 is 0 Å². The van der Waals surface area contributed by atoms with Gasteiger partial charge in [0.25, 0.3) is 0 Å². The zero-order valence-electron chi connectivity index (χ0n) is 7.44. The molecule has 0 radical (unpaired) electrons. The summed E-state index contributed by atoms with van der Waals surface area (Å²) in [7, 11) is 0. The van der Waals surface area contributed by atoms with Gasteiger partial charge in [0.1, 0.15) is 12.9 Å². The summed E-state index contributed by atoms with van der Waals surface area (Å²) >= 11 is 0. The Morgan fingerprint density at radius 2 is 2.46 bits per heavy atom. The van der Waals surface area contributed by atoms with Crippen molar-refractivity contribution in [2.24, 2.45) is 0 Å². The largest absolute Gasteiger partial charge is 0.445 e. The molecule has 1 aliphatic rings. The van der Waals surface area contributed by atoms with Crippen LogP contribution in [0.5, 0.6) is 0 Å². The van der Waals surface area contributed by atoms with Crippen LogP contribution < -0.4 is 0 Å². The van der Waals surface area contributed by atoms with Crippen LogP contribution in [0.25, 0.3) is 0 Å². The van der Waals surface area contributed by atoms with Crippen molar-refractivity contribution < 1.29 is 14.3 Å². The van der Waals surface area contributed by atoms with E-state index in [2.05, 4.69) is 6.58 Å². The van der Waals surface area contributed by atoms with E-state index in [0.29, 0.717) is 6.54 Å². The fourth-order valence-corrected chi connectivity index (χ4v) is 1.37. The summed E-state index contributed by atoms with van der Waals surface area (Å²) in [4.78, 5) is 23.3. The molecule has 13 heavy (non-hydrogen) atoms. The van der Waals surface area contributed by atoms with Crippen LogP contribution in [0.15, 0.2) is 12.7 Å². The smallest absolute Gasteiger partial charge is 0.410 e. The van der Waals surface area contributed by atoms with Gasteiger partial charge in [-0.05, 0) is 12.8 Å². The van der Waals surface area contributed by atoms with Gasteiger partial charge in [-0.25, -0.2) is 4.79 Å². The molecular weight excluding hydrogens is 170 g/mol. The lowest BCUT2D eigenvalue weighted by atomic mass is 10.2. The van der Waals surface area contributed by atoms with Gasteiger partial charge in [0.05, 0.1) is 6.04 Å². The third kappa shape index (κ3) is 2.31. The molecule has 1 rings (SSSR count). The fraction of sp³-hybridized carbons (Fsp3) is 0.556. The van der Waals surface area contributed by atoms with Crippen molar-refractivity contribution in [2.45, 2.75) is 18.9 Å². The number of nitrogens with zero attached hydrogens (tertiary/aromatic N) is 1. The summed E-state index contributed by atoms with van der Waals surface area (Å²) in [5.41, 5.74) is 0. The van der Waals surface area contributed by atoms with Gasteiger partial charge >= 0.3 is 6.09 Å². The maximum absolute atomic E-state index is 11.3. The van der Waals surface area contributed by atoms with Crippen molar-refractivity contribution in [3.63, 3.8) is 0 Å². The Morgan fingerprint density at radius 3 is 3.08 bits per heavy atom. The first-order chi connectivity index (χ1) is 6.29. The highest BCUT2D eigenvalue weighted by Crippen LogP contribution is 2.16. The van der Waals surface area contributed by atoms with E-state index in [1.165, 1.54) is 11.0 Å². The molecule has 1 aliphatic heterocycles. The Morgan fingerprint density at radius 1 is 1.69 bits per heavy atom. The van der Waals surface area contributed by atoms with Crippen LogP contribution in [0.2, 0.25) is 0 Å². The van der Waals surface area contributed by atoms with E-state index < -0.39 is 6.09 Å². The minimum atomic E-state index is -0.422. The molecule has 0 saturated carbocycles. The Labute approximate surface area is 77.2 Å². The number of ether oxygens (including phenoxy) is 1. The van der Waals surface area contributed by atoms with Crippen LogP contribution in [0.4, 0.5) is 4.79 Å². The highest BCUT2D eigenvalue weighted by atomic mass is 16.6. The van der Waals surface area contributed by atoms with Gasteiger partial charge in [-0.2, -0.15) is 0 Å². The molecule has 0 aromatic heterocycles. The summed E-state index contributed by atoms with van der Waals surface area (Å²) in [6.07, 6.45) is 3.49. The molecule has 0 aliphatic carbocycles. The van der Waals surface area contributed by atoms with Gasteiger partial charge in [-0.3, -0.25) is 4.90 Å². The molecule has 1 saturated heterocycles. The average molecular weight is 183 g/mol. The van der Waals surface area contributed by atoms with Crippen LogP contribution in [0.3, 0.4) is 0 Å². The van der Waals surface area contributed by atoms with Crippen LogP contribution in [-0.4, -0.2) is 36.5 Å². The Hall–Kier alpha value is -1.32. The maximum atomic E-state index is 11.3. The van der Waals surface area contributed by atoms with Gasteiger partial charge in [-0.1, -0.05) is 12.7 Å². The van der Waals surface area contributed by atoms with E-state index in [1.807, 2.05) is 0 Å². The zero-order chi connectivity index (χ0) is 9.68. The summed E-state index contributed by atoms with van der Waals surface area (Å²) in [5.74, 6) is 0. The number of likely N-dealkylation sites (tertiary alicyclic amines) is 1. The van der Waals surface area contributed by atoms with E-state index >= 15 is 0 Å². The topological polar surface area (TPSA) is 46.6 Å². The van der Waals surface area contributed by atoms with Gasteiger partial charge < -0.3 is 9.53 Å². The predicted molar refractivity (Wildman–Crippen MR) is 47.3 cm³/mol. The van der Waals surface area contributed by atoms with E-state index in [4.69, 9.17) is 4.74 Å². The van der Waals surface area contributed by atoms with Crippen LogP contribution in [0, 0.1) is 0 Å². The summed E-state index contributed by atoms with van der Waals surface area (Å²) in [6, 6.07) is -0.294. The van der Waals surface area contributed by atoms with E-state index in [-0.39, 0.29) is 12.6 Å². The molecule has 0 aromatic rings. The molecule has 4 heteroatoms. The maximum Gasteiger partial charge on any atom is 0.410 e. The lowest BCUT2D eigenvalue weighted by Crippen LogP contribution is -2.36. The fourth-order valence-electron chi connectivity index (χ4n) is 1.37.